The van der Waals surface area contributed by atoms with Gasteiger partial charge in [-0.2, -0.15) is 12.7 Å². The van der Waals surface area contributed by atoms with Crippen LogP contribution in [-0.4, -0.2) is 62.2 Å². The van der Waals surface area contributed by atoms with Gasteiger partial charge >= 0.3 is 10.2 Å². The number of rotatable bonds is 12. The van der Waals surface area contributed by atoms with Crippen LogP contribution in [-0.2, 0) is 26.3 Å². The Labute approximate surface area is 228 Å². The second kappa shape index (κ2) is 13.4. The standard InChI is InChI=1S/C25H33Cl2FN4O4S/c1-6-17(3)29-25(34)22(7-2)31(15-18-12-13-19(26)20(27)14-18)24(33)16-32(37(35,36)30(4)5)23-11-9-8-10-21(23)28/h8-14,17,22H,6-7,15-16H2,1-5H3,(H,29,34)/t17-,22+/m1/s1. The van der Waals surface area contributed by atoms with Gasteiger partial charge in [0.2, 0.25) is 11.8 Å². The molecule has 8 nitrogen and oxygen atoms in total. The number of hydrogen-bond donors (Lipinski definition) is 1. The van der Waals surface area contributed by atoms with Gasteiger partial charge in [0.25, 0.3) is 0 Å². The maximum absolute atomic E-state index is 14.7. The van der Waals surface area contributed by atoms with E-state index in [-0.39, 0.29) is 35.6 Å². The van der Waals surface area contributed by atoms with Crippen LogP contribution in [0.2, 0.25) is 10.0 Å². The molecule has 0 aliphatic rings. The number of nitrogens with zero attached hydrogens (tertiary/aromatic N) is 3. The molecular formula is C25H33Cl2FN4O4S. The molecule has 0 radical (unpaired) electrons. The van der Waals surface area contributed by atoms with E-state index in [1.165, 1.54) is 37.2 Å². The quantitative estimate of drug-likeness (QED) is 0.405. The highest BCUT2D eigenvalue weighted by Gasteiger charge is 2.35. The lowest BCUT2D eigenvalue weighted by Crippen LogP contribution is -2.54. The van der Waals surface area contributed by atoms with Gasteiger partial charge in [0, 0.05) is 26.7 Å². The fourth-order valence-electron chi connectivity index (χ4n) is 3.55. The molecule has 37 heavy (non-hydrogen) atoms. The van der Waals surface area contributed by atoms with Crippen LogP contribution in [0.1, 0.15) is 39.2 Å². The second-order valence-corrected chi connectivity index (χ2v) is 11.6. The van der Waals surface area contributed by atoms with Gasteiger partial charge in [0.15, 0.2) is 0 Å². The largest absolute Gasteiger partial charge is 0.352 e. The zero-order valence-corrected chi connectivity index (χ0v) is 23.9. The van der Waals surface area contributed by atoms with Gasteiger partial charge in [-0.05, 0) is 49.6 Å². The van der Waals surface area contributed by atoms with Crippen molar-refractivity contribution in [2.24, 2.45) is 0 Å². The predicted molar refractivity (Wildman–Crippen MR) is 145 cm³/mol. The van der Waals surface area contributed by atoms with Crippen molar-refractivity contribution in [2.75, 3.05) is 24.9 Å². The highest BCUT2D eigenvalue weighted by molar-refractivity contribution is 7.90. The zero-order chi connectivity index (χ0) is 27.9. The number of benzene rings is 2. The molecule has 0 bridgehead atoms. The van der Waals surface area contributed by atoms with E-state index in [1.807, 2.05) is 13.8 Å². The number of carbonyl (C=O) groups is 2. The minimum atomic E-state index is -4.26. The van der Waals surface area contributed by atoms with Gasteiger partial charge in [0.1, 0.15) is 18.4 Å². The van der Waals surface area contributed by atoms with Gasteiger partial charge < -0.3 is 10.2 Å². The fraction of sp³-hybridized carbons (Fsp3) is 0.440. The van der Waals surface area contributed by atoms with Gasteiger partial charge in [-0.15, -0.1) is 0 Å². The SMILES string of the molecule is CC[C@@H](C)NC(=O)[C@H](CC)N(Cc1ccc(Cl)c(Cl)c1)C(=O)CN(c1ccccc1F)S(=O)(=O)N(C)C. The third kappa shape index (κ3) is 7.80. The summed E-state index contributed by atoms with van der Waals surface area (Å²) in [5.41, 5.74) is 0.307. The second-order valence-electron chi connectivity index (χ2n) is 8.76. The number of amides is 2. The Morgan fingerprint density at radius 1 is 1.03 bits per heavy atom. The molecule has 0 saturated carbocycles. The summed E-state index contributed by atoms with van der Waals surface area (Å²) < 4.78 is 42.6. The molecule has 2 amide bonds. The number of nitrogens with one attached hydrogen (secondary N) is 1. The van der Waals surface area contributed by atoms with Crippen molar-refractivity contribution in [3.63, 3.8) is 0 Å². The first kappa shape index (κ1) is 30.8. The maximum atomic E-state index is 14.7. The molecule has 0 unspecified atom stereocenters. The third-order valence-corrected chi connectivity index (χ3v) is 8.41. The summed E-state index contributed by atoms with van der Waals surface area (Å²) in [4.78, 5) is 28.2. The van der Waals surface area contributed by atoms with E-state index in [0.29, 0.717) is 21.3 Å². The van der Waals surface area contributed by atoms with Crippen molar-refractivity contribution in [3.05, 3.63) is 63.9 Å². The Bertz CT molecular complexity index is 1210. The van der Waals surface area contributed by atoms with E-state index in [1.54, 1.807) is 25.1 Å². The van der Waals surface area contributed by atoms with Crippen LogP contribution in [0, 0.1) is 5.82 Å². The number of carbonyl (C=O) groups excluding carboxylic acids is 2. The Hall–Kier alpha value is -2.40. The van der Waals surface area contributed by atoms with Gasteiger partial charge in [-0.3, -0.25) is 9.59 Å². The lowest BCUT2D eigenvalue weighted by molar-refractivity contribution is -0.140. The number of para-hydroxylation sites is 1. The predicted octanol–water partition coefficient (Wildman–Crippen LogP) is 4.47. The topological polar surface area (TPSA) is 90.0 Å². The number of anilines is 1. The Morgan fingerprint density at radius 2 is 1.68 bits per heavy atom. The molecule has 1 N–H and O–H groups in total. The summed E-state index contributed by atoms with van der Waals surface area (Å²) in [7, 11) is -1.69. The summed E-state index contributed by atoms with van der Waals surface area (Å²) in [5, 5.41) is 3.48. The van der Waals surface area contributed by atoms with E-state index in [2.05, 4.69) is 5.32 Å². The van der Waals surface area contributed by atoms with Crippen molar-refractivity contribution in [3.8, 4) is 0 Å². The summed E-state index contributed by atoms with van der Waals surface area (Å²) in [6, 6.07) is 9.05. The molecule has 2 aromatic carbocycles. The summed E-state index contributed by atoms with van der Waals surface area (Å²) in [5.74, 6) is -1.87. The van der Waals surface area contributed by atoms with Crippen molar-refractivity contribution in [2.45, 2.75) is 52.2 Å². The summed E-state index contributed by atoms with van der Waals surface area (Å²) in [6.07, 6.45) is 0.945. The molecule has 0 fully saturated rings. The third-order valence-electron chi connectivity index (χ3n) is 5.86. The molecule has 2 aromatic rings. The van der Waals surface area contributed by atoms with Crippen LogP contribution in [0.25, 0.3) is 0 Å². The number of halogens is 3. The highest BCUT2D eigenvalue weighted by atomic mass is 35.5. The first-order chi connectivity index (χ1) is 17.3. The molecule has 0 heterocycles. The summed E-state index contributed by atoms with van der Waals surface area (Å²) >= 11 is 12.2. The average molecular weight is 576 g/mol. The molecule has 0 aliphatic heterocycles. The van der Waals surface area contributed by atoms with Crippen LogP contribution in [0.4, 0.5) is 10.1 Å². The lowest BCUT2D eigenvalue weighted by Gasteiger charge is -2.34. The lowest BCUT2D eigenvalue weighted by atomic mass is 10.1. The van der Waals surface area contributed by atoms with Crippen molar-refractivity contribution >= 4 is 50.9 Å². The van der Waals surface area contributed by atoms with E-state index in [9.17, 15) is 22.4 Å². The van der Waals surface area contributed by atoms with Crippen LogP contribution in [0.15, 0.2) is 42.5 Å². The Kier molecular flexibility index (Phi) is 11.2. The highest BCUT2D eigenvalue weighted by Crippen LogP contribution is 2.26. The van der Waals surface area contributed by atoms with E-state index in [0.717, 1.165) is 10.4 Å². The molecular weight excluding hydrogens is 542 g/mol. The maximum Gasteiger partial charge on any atom is 0.304 e. The van der Waals surface area contributed by atoms with Crippen LogP contribution in [0.5, 0.6) is 0 Å². The Morgan fingerprint density at radius 3 is 2.22 bits per heavy atom. The monoisotopic (exact) mass is 574 g/mol. The molecule has 204 valence electrons. The molecule has 0 spiro atoms. The first-order valence-electron chi connectivity index (χ1n) is 11.8. The van der Waals surface area contributed by atoms with Crippen molar-refractivity contribution in [1.82, 2.24) is 14.5 Å². The zero-order valence-electron chi connectivity index (χ0n) is 21.5. The van der Waals surface area contributed by atoms with E-state index >= 15 is 0 Å². The van der Waals surface area contributed by atoms with Crippen LogP contribution in [0.3, 0.4) is 0 Å². The van der Waals surface area contributed by atoms with Crippen molar-refractivity contribution < 1.29 is 22.4 Å². The minimum Gasteiger partial charge on any atom is -0.352 e. The first-order valence-corrected chi connectivity index (χ1v) is 14.0. The molecule has 12 heteroatoms. The van der Waals surface area contributed by atoms with E-state index in [4.69, 9.17) is 23.2 Å². The van der Waals surface area contributed by atoms with Crippen LogP contribution >= 0.6 is 23.2 Å². The van der Waals surface area contributed by atoms with Gasteiger partial charge in [-0.1, -0.05) is 55.2 Å². The average Bonchev–Trinajstić information content (AvgIpc) is 2.84. The van der Waals surface area contributed by atoms with Gasteiger partial charge in [0.05, 0.1) is 15.7 Å². The number of hydrogen-bond acceptors (Lipinski definition) is 4. The van der Waals surface area contributed by atoms with Crippen molar-refractivity contribution in [1.29, 1.82) is 0 Å². The van der Waals surface area contributed by atoms with Crippen LogP contribution < -0.4 is 9.62 Å². The Balaban J connectivity index is 2.54. The van der Waals surface area contributed by atoms with E-state index < -0.39 is 34.5 Å². The molecule has 2 rings (SSSR count). The molecule has 2 atom stereocenters. The minimum absolute atomic E-state index is 0.0464. The summed E-state index contributed by atoms with van der Waals surface area (Å²) in [6.45, 7) is 4.74. The normalized spacial score (nSPS) is 13.2. The molecule has 0 aliphatic carbocycles. The van der Waals surface area contributed by atoms with Gasteiger partial charge in [-0.25, -0.2) is 8.70 Å². The molecule has 0 saturated heterocycles. The smallest absolute Gasteiger partial charge is 0.304 e. The fourth-order valence-corrected chi connectivity index (χ4v) is 4.94. The molecule has 0 aromatic heterocycles.